The lowest BCUT2D eigenvalue weighted by atomic mass is 9.95. The number of hydrogen-bond donors (Lipinski definition) is 2. The molecule has 0 spiro atoms. The maximum Gasteiger partial charge on any atom is 0.417 e. The van der Waals surface area contributed by atoms with Crippen LogP contribution >= 0.6 is 0 Å². The molecule has 0 unspecified atom stereocenters. The number of amidine groups is 1. The van der Waals surface area contributed by atoms with Crippen molar-refractivity contribution in [3.63, 3.8) is 0 Å². The Labute approximate surface area is 152 Å². The van der Waals surface area contributed by atoms with Crippen LogP contribution in [0.15, 0.2) is 56.5 Å². The van der Waals surface area contributed by atoms with Crippen molar-refractivity contribution in [2.24, 2.45) is 20.4 Å². The number of halogens is 3. The Morgan fingerprint density at radius 3 is 2.26 bits per heavy atom. The number of nitrogens with zero attached hydrogens (tertiary/aromatic N) is 3. The number of aliphatic hydroxyl groups is 1. The van der Waals surface area contributed by atoms with Crippen LogP contribution in [0.4, 0.5) is 13.2 Å². The fraction of sp³-hybridized carbons (Fsp3) is 0.188. The van der Waals surface area contributed by atoms with Gasteiger partial charge in [0.2, 0.25) is 10.0 Å². The number of nitrogens with two attached hydrogens (primary N) is 1. The summed E-state index contributed by atoms with van der Waals surface area (Å²) in [4.78, 5) is 2.78. The normalized spacial score (nSPS) is 14.5. The van der Waals surface area contributed by atoms with E-state index in [1.54, 1.807) is 12.1 Å². The van der Waals surface area contributed by atoms with Crippen molar-refractivity contribution in [3.8, 4) is 11.1 Å². The van der Waals surface area contributed by atoms with Crippen molar-refractivity contribution in [1.82, 2.24) is 0 Å². The van der Waals surface area contributed by atoms with Crippen molar-refractivity contribution >= 4 is 15.9 Å². The highest BCUT2D eigenvalue weighted by Crippen LogP contribution is 2.40. The van der Waals surface area contributed by atoms with E-state index in [1.165, 1.54) is 12.1 Å². The molecule has 0 amide bonds. The number of primary sulfonamides is 1. The molecule has 11 heteroatoms. The van der Waals surface area contributed by atoms with E-state index in [-0.39, 0.29) is 30.2 Å². The Hall–Kier alpha value is -2.63. The molecule has 0 saturated carbocycles. The predicted octanol–water partition coefficient (Wildman–Crippen LogP) is 2.68. The molecule has 3 N–H and O–H groups in total. The maximum absolute atomic E-state index is 13.4. The lowest BCUT2D eigenvalue weighted by Gasteiger charge is -2.18. The summed E-state index contributed by atoms with van der Waals surface area (Å²) in [6, 6.07) is 7.99. The summed E-state index contributed by atoms with van der Waals surface area (Å²) in [7, 11) is -4.77. The monoisotopic (exact) mass is 398 g/mol. The molecule has 2 aromatic carbocycles. The Bertz CT molecular complexity index is 1050. The summed E-state index contributed by atoms with van der Waals surface area (Å²) in [6.07, 6.45) is -4.95. The van der Waals surface area contributed by atoms with Gasteiger partial charge in [-0.1, -0.05) is 30.3 Å². The second-order valence-electron chi connectivity index (χ2n) is 5.63. The average molecular weight is 398 g/mol. The fourth-order valence-electron chi connectivity index (χ4n) is 2.71. The number of rotatable bonds is 4. The predicted molar refractivity (Wildman–Crippen MR) is 90.4 cm³/mol. The molecule has 0 saturated heterocycles. The third-order valence-corrected chi connectivity index (χ3v) is 4.86. The second-order valence-corrected chi connectivity index (χ2v) is 7.13. The third kappa shape index (κ3) is 3.75. The van der Waals surface area contributed by atoms with Crippen molar-refractivity contribution < 1.29 is 26.7 Å². The largest absolute Gasteiger partial charge is 0.417 e. The van der Waals surface area contributed by atoms with E-state index in [2.05, 4.69) is 15.2 Å². The second kappa shape index (κ2) is 6.83. The maximum atomic E-state index is 13.4. The standard InChI is InChI=1S/C16H13F3N4O3S/c17-16(18,19)12-6-5-11(10-3-1-9(7-24)2-4-10)13(14(12)27(20,25)26)15-21-8-22-23-15/h1-6,24H,7-8H2,(H2,20,25,26). The van der Waals surface area contributed by atoms with Crippen molar-refractivity contribution in [3.05, 3.63) is 53.1 Å². The zero-order valence-electron chi connectivity index (χ0n) is 13.6. The van der Waals surface area contributed by atoms with Crippen molar-refractivity contribution in [1.29, 1.82) is 0 Å². The number of azo groups is 1. The molecule has 0 fully saturated rings. The van der Waals surface area contributed by atoms with Crippen LogP contribution in [0.3, 0.4) is 0 Å². The first-order valence-electron chi connectivity index (χ1n) is 7.52. The Kier molecular flexibility index (Phi) is 4.84. The van der Waals surface area contributed by atoms with Gasteiger partial charge in [0.15, 0.2) is 12.5 Å². The first-order valence-corrected chi connectivity index (χ1v) is 9.07. The van der Waals surface area contributed by atoms with Crippen molar-refractivity contribution in [2.45, 2.75) is 17.7 Å². The summed E-state index contributed by atoms with van der Waals surface area (Å²) in [6.45, 7) is -0.345. The van der Waals surface area contributed by atoms with Gasteiger partial charge in [-0.2, -0.15) is 18.3 Å². The number of aliphatic imine (C=N–C) groups is 1. The quantitative estimate of drug-likeness (QED) is 0.824. The highest BCUT2D eigenvalue weighted by atomic mass is 32.2. The fourth-order valence-corrected chi connectivity index (χ4v) is 3.69. The first-order chi connectivity index (χ1) is 12.6. The van der Waals surface area contributed by atoms with E-state index in [0.29, 0.717) is 17.2 Å². The number of sulfonamides is 1. The van der Waals surface area contributed by atoms with Crippen LogP contribution in [0.5, 0.6) is 0 Å². The smallest absolute Gasteiger partial charge is 0.392 e. The number of hydrogen-bond acceptors (Lipinski definition) is 6. The van der Waals surface area contributed by atoms with E-state index < -0.39 is 26.7 Å². The lowest BCUT2D eigenvalue weighted by molar-refractivity contribution is -0.139. The molecule has 1 aliphatic heterocycles. The van der Waals surface area contributed by atoms with Crippen LogP contribution in [0, 0.1) is 0 Å². The van der Waals surface area contributed by atoms with Gasteiger partial charge in [0.1, 0.15) is 4.90 Å². The minimum Gasteiger partial charge on any atom is -0.392 e. The van der Waals surface area contributed by atoms with Gasteiger partial charge in [-0.15, -0.1) is 5.11 Å². The summed E-state index contributed by atoms with van der Waals surface area (Å²) < 4.78 is 64.5. The van der Waals surface area contributed by atoms with Crippen LogP contribution in [-0.4, -0.2) is 26.0 Å². The molecule has 1 heterocycles. The zero-order chi connectivity index (χ0) is 19.8. The summed E-state index contributed by atoms with van der Waals surface area (Å²) in [5.74, 6) is -0.244. The summed E-state index contributed by atoms with van der Waals surface area (Å²) in [5, 5.41) is 21.5. The van der Waals surface area contributed by atoms with Gasteiger partial charge in [0.05, 0.1) is 12.2 Å². The van der Waals surface area contributed by atoms with Crippen LogP contribution in [-0.2, 0) is 22.8 Å². The van der Waals surface area contributed by atoms with E-state index in [4.69, 9.17) is 10.2 Å². The third-order valence-electron chi connectivity index (χ3n) is 3.87. The highest BCUT2D eigenvalue weighted by Gasteiger charge is 2.40. The van der Waals surface area contributed by atoms with Gasteiger partial charge in [-0.3, -0.25) is 0 Å². The van der Waals surface area contributed by atoms with Crippen LogP contribution in [0.1, 0.15) is 16.7 Å². The molecule has 0 radical (unpaired) electrons. The Morgan fingerprint density at radius 2 is 1.78 bits per heavy atom. The van der Waals surface area contributed by atoms with E-state index in [9.17, 15) is 21.6 Å². The van der Waals surface area contributed by atoms with Crippen LogP contribution in [0.25, 0.3) is 11.1 Å². The number of alkyl halides is 3. The van der Waals surface area contributed by atoms with E-state index >= 15 is 0 Å². The SMILES string of the molecule is NS(=O)(=O)c1c(C(F)(F)F)ccc(-c2ccc(CO)cc2)c1C1=NCN=N1. The summed E-state index contributed by atoms with van der Waals surface area (Å²) >= 11 is 0. The molecule has 2 aromatic rings. The van der Waals surface area contributed by atoms with Gasteiger partial charge in [0, 0.05) is 5.56 Å². The molecular formula is C16H13F3N4O3S. The van der Waals surface area contributed by atoms with Crippen molar-refractivity contribution in [2.75, 3.05) is 6.67 Å². The van der Waals surface area contributed by atoms with Gasteiger partial charge in [-0.05, 0) is 22.8 Å². The molecule has 3 rings (SSSR count). The lowest BCUT2D eigenvalue weighted by Crippen LogP contribution is -2.23. The van der Waals surface area contributed by atoms with Gasteiger partial charge in [0.25, 0.3) is 0 Å². The average Bonchev–Trinajstić information content (AvgIpc) is 3.13. The topological polar surface area (TPSA) is 117 Å². The van der Waals surface area contributed by atoms with Gasteiger partial charge < -0.3 is 5.11 Å². The molecule has 142 valence electrons. The summed E-state index contributed by atoms with van der Waals surface area (Å²) in [5.41, 5.74) is -0.621. The zero-order valence-corrected chi connectivity index (χ0v) is 14.4. The molecule has 0 bridgehead atoms. The molecule has 27 heavy (non-hydrogen) atoms. The Morgan fingerprint density at radius 1 is 1.11 bits per heavy atom. The van der Waals surface area contributed by atoms with Gasteiger partial charge in [-0.25, -0.2) is 18.5 Å². The Balaban J connectivity index is 2.39. The highest BCUT2D eigenvalue weighted by molar-refractivity contribution is 7.89. The molecule has 0 atom stereocenters. The van der Waals surface area contributed by atoms with Crippen LogP contribution in [0.2, 0.25) is 0 Å². The first kappa shape index (κ1) is 19.1. The molecule has 1 aliphatic rings. The molecular weight excluding hydrogens is 385 g/mol. The van der Waals surface area contributed by atoms with Gasteiger partial charge >= 0.3 is 6.18 Å². The minimum atomic E-state index is -4.95. The van der Waals surface area contributed by atoms with E-state index in [1.807, 2.05) is 0 Å². The van der Waals surface area contributed by atoms with Crippen LogP contribution < -0.4 is 5.14 Å². The molecule has 0 aliphatic carbocycles. The van der Waals surface area contributed by atoms with E-state index in [0.717, 1.165) is 6.07 Å². The number of aliphatic hydroxyl groups excluding tert-OH is 1. The minimum absolute atomic E-state index is 0.126. The number of benzene rings is 2. The molecule has 7 nitrogen and oxygen atoms in total. The molecule has 0 aromatic heterocycles.